The molecule has 2 aromatic rings. The molecule has 7 heteroatoms. The molecule has 1 amide bonds. The largest absolute Gasteiger partial charge is 0.493 e. The molecule has 2 aliphatic rings. The fourth-order valence-corrected chi connectivity index (χ4v) is 3.29. The Morgan fingerprint density at radius 2 is 1.92 bits per heavy atom. The van der Waals surface area contributed by atoms with Crippen LogP contribution in [0.2, 0.25) is 0 Å². The minimum absolute atomic E-state index is 0.0520. The molecule has 1 heterocycles. The number of carbonyl (C=O) groups excluding carboxylic acids is 1. The van der Waals surface area contributed by atoms with Gasteiger partial charge in [-0.25, -0.2) is 0 Å². The summed E-state index contributed by atoms with van der Waals surface area (Å²) in [6, 6.07) is 12.3. The second kappa shape index (κ2) is 6.48. The Labute approximate surface area is 149 Å². The molecule has 0 aromatic heterocycles. The molecule has 136 valence electrons. The number of hydrogen-bond donors (Lipinski definition) is 1. The molecule has 0 unspecified atom stereocenters. The maximum absolute atomic E-state index is 13.0. The van der Waals surface area contributed by atoms with Crippen LogP contribution < -0.4 is 14.8 Å². The van der Waals surface area contributed by atoms with E-state index in [1.54, 1.807) is 23.1 Å². The molecule has 1 aliphatic heterocycles. The third-order valence-corrected chi connectivity index (χ3v) is 4.62. The van der Waals surface area contributed by atoms with Crippen molar-refractivity contribution in [3.8, 4) is 11.5 Å². The third-order valence-electron chi connectivity index (χ3n) is 4.62. The lowest BCUT2D eigenvalue weighted by Crippen LogP contribution is -2.44. The Hall–Kier alpha value is -2.83. The van der Waals surface area contributed by atoms with Crippen LogP contribution in [0, 0.1) is 0 Å². The van der Waals surface area contributed by atoms with Gasteiger partial charge in [-0.1, -0.05) is 18.2 Å². The lowest BCUT2D eigenvalue weighted by molar-refractivity contribution is -0.0513. The molecule has 1 atom stereocenters. The second-order valence-corrected chi connectivity index (χ2v) is 6.32. The molecular weight excluding hydrogens is 342 g/mol. The van der Waals surface area contributed by atoms with Crippen molar-refractivity contribution in [3.63, 3.8) is 0 Å². The zero-order valence-corrected chi connectivity index (χ0v) is 14.1. The zero-order chi connectivity index (χ0) is 18.3. The lowest BCUT2D eigenvalue weighted by atomic mass is 10.0. The molecule has 5 nitrogen and oxygen atoms in total. The van der Waals surface area contributed by atoms with E-state index in [9.17, 15) is 13.6 Å². The number of halogens is 2. The molecule has 0 bridgehead atoms. The van der Waals surface area contributed by atoms with Gasteiger partial charge in [-0.2, -0.15) is 8.78 Å². The number of methoxy groups -OCH3 is 1. The molecule has 26 heavy (non-hydrogen) atoms. The fourth-order valence-electron chi connectivity index (χ4n) is 3.29. The number of nitrogens with zero attached hydrogens (tertiary/aromatic N) is 1. The van der Waals surface area contributed by atoms with Gasteiger partial charge in [0.2, 0.25) is 0 Å². The summed E-state index contributed by atoms with van der Waals surface area (Å²) in [6.07, 6.45) is 1.42. The molecule has 1 saturated carbocycles. The van der Waals surface area contributed by atoms with E-state index in [2.05, 4.69) is 10.1 Å². The van der Waals surface area contributed by atoms with Gasteiger partial charge in [-0.15, -0.1) is 0 Å². The monoisotopic (exact) mass is 360 g/mol. The Bertz CT molecular complexity index is 839. The zero-order valence-electron chi connectivity index (χ0n) is 14.1. The molecule has 0 radical (unpaired) electrons. The van der Waals surface area contributed by atoms with Crippen LogP contribution in [0.5, 0.6) is 11.5 Å². The van der Waals surface area contributed by atoms with E-state index in [0.717, 1.165) is 18.5 Å². The van der Waals surface area contributed by atoms with Crippen molar-refractivity contribution in [2.24, 2.45) is 0 Å². The summed E-state index contributed by atoms with van der Waals surface area (Å²) in [5, 5.41) is 3.35. The Morgan fingerprint density at radius 1 is 1.15 bits per heavy atom. The summed E-state index contributed by atoms with van der Waals surface area (Å²) < 4.78 is 35.1. The highest BCUT2D eigenvalue weighted by Gasteiger charge is 2.42. The first-order valence-electron chi connectivity index (χ1n) is 8.39. The number of hydrogen-bond acceptors (Lipinski definition) is 4. The second-order valence-electron chi connectivity index (χ2n) is 6.32. The first-order chi connectivity index (χ1) is 12.6. The van der Waals surface area contributed by atoms with Crippen molar-refractivity contribution in [1.29, 1.82) is 0 Å². The highest BCUT2D eigenvalue weighted by atomic mass is 19.3. The number of fused-ring (bicyclic) bond motifs is 1. The van der Waals surface area contributed by atoms with E-state index in [0.29, 0.717) is 11.1 Å². The van der Waals surface area contributed by atoms with Gasteiger partial charge in [0, 0.05) is 11.7 Å². The van der Waals surface area contributed by atoms with Crippen molar-refractivity contribution in [2.75, 3.05) is 12.4 Å². The number of rotatable bonds is 5. The first-order valence-corrected chi connectivity index (χ1v) is 8.39. The predicted molar refractivity (Wildman–Crippen MR) is 91.6 cm³/mol. The lowest BCUT2D eigenvalue weighted by Gasteiger charge is -2.38. The average molecular weight is 360 g/mol. The summed E-state index contributed by atoms with van der Waals surface area (Å²) in [4.78, 5) is 14.8. The van der Waals surface area contributed by atoms with E-state index in [1.807, 2.05) is 18.2 Å². The SMILES string of the molecule is COc1ccc([C@@H]2Nc3ccccc3C(=O)N2C2CC2)cc1OC(F)F. The van der Waals surface area contributed by atoms with Crippen LogP contribution in [-0.2, 0) is 0 Å². The molecule has 0 spiro atoms. The number of anilines is 1. The Kier molecular flexibility index (Phi) is 4.14. The molecule has 1 N–H and O–H groups in total. The normalized spacial score (nSPS) is 19.2. The van der Waals surface area contributed by atoms with Crippen LogP contribution in [0.3, 0.4) is 0 Å². The molecule has 0 saturated heterocycles. The van der Waals surface area contributed by atoms with Gasteiger partial charge in [0.1, 0.15) is 6.17 Å². The van der Waals surface area contributed by atoms with Crippen molar-refractivity contribution in [2.45, 2.75) is 31.7 Å². The van der Waals surface area contributed by atoms with Crippen LogP contribution in [0.25, 0.3) is 0 Å². The summed E-state index contributed by atoms with van der Waals surface area (Å²) in [6.45, 7) is -2.96. The van der Waals surface area contributed by atoms with Gasteiger partial charge in [0.05, 0.1) is 12.7 Å². The van der Waals surface area contributed by atoms with Crippen molar-refractivity contribution < 1.29 is 23.0 Å². The predicted octanol–water partition coefficient (Wildman–Crippen LogP) is 4.03. The number of nitrogens with one attached hydrogen (secondary N) is 1. The number of alkyl halides is 2. The van der Waals surface area contributed by atoms with Gasteiger partial charge in [0.15, 0.2) is 11.5 Å². The van der Waals surface area contributed by atoms with E-state index in [1.165, 1.54) is 13.2 Å². The van der Waals surface area contributed by atoms with Gasteiger partial charge >= 0.3 is 6.61 Å². The van der Waals surface area contributed by atoms with Gasteiger partial charge < -0.3 is 19.7 Å². The summed E-state index contributed by atoms with van der Waals surface area (Å²) in [5.74, 6) is 0.109. The molecule has 1 fully saturated rings. The van der Waals surface area contributed by atoms with Crippen molar-refractivity contribution in [3.05, 3.63) is 53.6 Å². The van der Waals surface area contributed by atoms with Crippen molar-refractivity contribution >= 4 is 11.6 Å². The van der Waals surface area contributed by atoms with Crippen LogP contribution in [0.4, 0.5) is 14.5 Å². The summed E-state index contributed by atoms with van der Waals surface area (Å²) in [5.41, 5.74) is 2.01. The quantitative estimate of drug-likeness (QED) is 0.875. The first kappa shape index (κ1) is 16.6. The van der Waals surface area contributed by atoms with E-state index >= 15 is 0 Å². The molecular formula is C19H18F2N2O3. The van der Waals surface area contributed by atoms with Crippen LogP contribution in [0.1, 0.15) is 34.9 Å². The van der Waals surface area contributed by atoms with Crippen molar-refractivity contribution in [1.82, 2.24) is 4.90 Å². The van der Waals surface area contributed by atoms with Crippen LogP contribution in [0.15, 0.2) is 42.5 Å². The van der Waals surface area contributed by atoms with Gasteiger partial charge in [-0.3, -0.25) is 4.79 Å². The number of carbonyl (C=O) groups is 1. The van der Waals surface area contributed by atoms with Crippen LogP contribution in [-0.4, -0.2) is 30.6 Å². The molecule has 4 rings (SSSR count). The van der Waals surface area contributed by atoms with E-state index in [4.69, 9.17) is 4.74 Å². The van der Waals surface area contributed by atoms with Crippen LogP contribution >= 0.6 is 0 Å². The van der Waals surface area contributed by atoms with E-state index in [-0.39, 0.29) is 23.4 Å². The minimum atomic E-state index is -2.96. The standard InChI is InChI=1S/C19H18F2N2O3/c1-25-15-9-6-11(10-16(15)26-19(20)21)17-22-14-5-3-2-4-13(14)18(24)23(17)12-7-8-12/h2-6,9-10,12,17,19,22H,7-8H2,1H3/t17-/m1/s1. The van der Waals surface area contributed by atoms with Gasteiger partial charge in [0.25, 0.3) is 5.91 Å². The minimum Gasteiger partial charge on any atom is -0.493 e. The number of amides is 1. The molecule has 1 aliphatic carbocycles. The smallest absolute Gasteiger partial charge is 0.387 e. The van der Waals surface area contributed by atoms with E-state index < -0.39 is 12.8 Å². The maximum atomic E-state index is 13.0. The average Bonchev–Trinajstić information content (AvgIpc) is 3.46. The summed E-state index contributed by atoms with van der Waals surface area (Å²) >= 11 is 0. The fraction of sp³-hybridized carbons (Fsp3) is 0.316. The Balaban J connectivity index is 1.75. The number of ether oxygens (including phenoxy) is 2. The number of benzene rings is 2. The van der Waals surface area contributed by atoms with Gasteiger partial charge in [-0.05, 0) is 42.7 Å². The summed E-state index contributed by atoms with van der Waals surface area (Å²) in [7, 11) is 1.39. The maximum Gasteiger partial charge on any atom is 0.387 e. The highest BCUT2D eigenvalue weighted by molar-refractivity contribution is 6.02. The third kappa shape index (κ3) is 2.94. The topological polar surface area (TPSA) is 50.8 Å². The number of para-hydroxylation sites is 1. The molecule has 2 aromatic carbocycles. The highest BCUT2D eigenvalue weighted by Crippen LogP contribution is 2.42. The Morgan fingerprint density at radius 3 is 2.62 bits per heavy atom.